The summed E-state index contributed by atoms with van der Waals surface area (Å²) in [5.74, 6) is 0.0227. The van der Waals surface area contributed by atoms with Gasteiger partial charge >= 0.3 is 0 Å². The number of hydrogen-bond donors (Lipinski definition) is 2. The normalized spacial score (nSPS) is 11.2. The van der Waals surface area contributed by atoms with Crippen LogP contribution < -0.4 is 16.0 Å². The van der Waals surface area contributed by atoms with Crippen molar-refractivity contribution in [2.24, 2.45) is 11.1 Å². The Bertz CT molecular complexity index is 406. The molecular formula is C15H25N3O. The quantitative estimate of drug-likeness (QED) is 0.858. The van der Waals surface area contributed by atoms with E-state index >= 15 is 0 Å². The minimum atomic E-state index is -0.381. The lowest BCUT2D eigenvalue weighted by Gasteiger charge is -2.23. The summed E-state index contributed by atoms with van der Waals surface area (Å²) in [5.41, 5.74) is 7.16. The summed E-state index contributed by atoms with van der Waals surface area (Å²) in [4.78, 5) is 14.1. The number of likely N-dealkylation sites (N-methyl/N-ethyl adjacent to an activating group) is 1. The van der Waals surface area contributed by atoms with Gasteiger partial charge in [0, 0.05) is 36.4 Å². The number of hydrogen-bond acceptors (Lipinski definition) is 3. The van der Waals surface area contributed by atoms with E-state index in [0.717, 1.165) is 24.5 Å². The van der Waals surface area contributed by atoms with Gasteiger partial charge in [0.2, 0.25) is 5.91 Å². The number of nitrogens with zero attached hydrogens (tertiary/aromatic N) is 1. The van der Waals surface area contributed by atoms with E-state index in [1.165, 1.54) is 0 Å². The summed E-state index contributed by atoms with van der Waals surface area (Å²) >= 11 is 0. The number of nitrogens with one attached hydrogen (secondary N) is 1. The molecule has 0 aliphatic heterocycles. The third-order valence-electron chi connectivity index (χ3n) is 2.95. The first-order valence-corrected chi connectivity index (χ1v) is 6.75. The van der Waals surface area contributed by atoms with E-state index in [0.29, 0.717) is 6.54 Å². The van der Waals surface area contributed by atoms with Crippen LogP contribution in [0.3, 0.4) is 0 Å². The fraction of sp³-hybridized carbons (Fsp3) is 0.533. The predicted octanol–water partition coefficient (Wildman–Crippen LogP) is 2.46. The molecule has 19 heavy (non-hydrogen) atoms. The summed E-state index contributed by atoms with van der Waals surface area (Å²) in [7, 11) is 0. The highest BCUT2D eigenvalue weighted by atomic mass is 16.2. The van der Waals surface area contributed by atoms with Crippen molar-refractivity contribution in [2.45, 2.75) is 27.7 Å². The molecule has 0 atom stereocenters. The molecule has 0 bridgehead atoms. The highest BCUT2D eigenvalue weighted by Crippen LogP contribution is 2.20. The molecule has 0 aliphatic rings. The first kappa shape index (κ1) is 15.5. The SMILES string of the molecule is CCN(CCN)c1ccc(NC(=O)C(C)(C)C)cc1. The van der Waals surface area contributed by atoms with Crippen LogP contribution in [-0.4, -0.2) is 25.5 Å². The van der Waals surface area contributed by atoms with E-state index in [9.17, 15) is 4.79 Å². The van der Waals surface area contributed by atoms with Crippen LogP contribution >= 0.6 is 0 Å². The highest BCUT2D eigenvalue weighted by molar-refractivity contribution is 5.94. The fourth-order valence-corrected chi connectivity index (χ4v) is 1.70. The van der Waals surface area contributed by atoms with Gasteiger partial charge in [-0.3, -0.25) is 4.79 Å². The van der Waals surface area contributed by atoms with Crippen molar-refractivity contribution in [2.75, 3.05) is 29.9 Å². The van der Waals surface area contributed by atoms with Gasteiger partial charge in [-0.15, -0.1) is 0 Å². The van der Waals surface area contributed by atoms with Crippen molar-refractivity contribution in [1.82, 2.24) is 0 Å². The van der Waals surface area contributed by atoms with Gasteiger partial charge in [0.25, 0.3) is 0 Å². The lowest BCUT2D eigenvalue weighted by atomic mass is 9.95. The molecule has 1 amide bonds. The smallest absolute Gasteiger partial charge is 0.229 e. The second-order valence-electron chi connectivity index (χ2n) is 5.62. The maximum Gasteiger partial charge on any atom is 0.229 e. The molecule has 0 saturated heterocycles. The lowest BCUT2D eigenvalue weighted by Crippen LogP contribution is -2.29. The molecular weight excluding hydrogens is 238 g/mol. The second-order valence-corrected chi connectivity index (χ2v) is 5.62. The summed E-state index contributed by atoms with van der Waals surface area (Å²) in [5, 5.41) is 2.92. The van der Waals surface area contributed by atoms with Crippen molar-refractivity contribution in [3.63, 3.8) is 0 Å². The zero-order valence-electron chi connectivity index (χ0n) is 12.4. The van der Waals surface area contributed by atoms with Gasteiger partial charge in [0.15, 0.2) is 0 Å². The van der Waals surface area contributed by atoms with Crippen LogP contribution in [0.4, 0.5) is 11.4 Å². The first-order valence-electron chi connectivity index (χ1n) is 6.75. The van der Waals surface area contributed by atoms with Crippen LogP contribution in [0.5, 0.6) is 0 Å². The van der Waals surface area contributed by atoms with E-state index in [-0.39, 0.29) is 11.3 Å². The molecule has 4 heteroatoms. The van der Waals surface area contributed by atoms with Gasteiger partial charge in [-0.25, -0.2) is 0 Å². The van der Waals surface area contributed by atoms with E-state index in [2.05, 4.69) is 17.1 Å². The van der Waals surface area contributed by atoms with Gasteiger partial charge in [0.05, 0.1) is 0 Å². The van der Waals surface area contributed by atoms with Crippen molar-refractivity contribution < 1.29 is 4.79 Å². The lowest BCUT2D eigenvalue weighted by molar-refractivity contribution is -0.123. The molecule has 4 nitrogen and oxygen atoms in total. The van der Waals surface area contributed by atoms with E-state index in [1.807, 2.05) is 45.0 Å². The second kappa shape index (κ2) is 6.57. The molecule has 0 saturated carbocycles. The number of anilines is 2. The zero-order chi connectivity index (χ0) is 14.5. The summed E-state index contributed by atoms with van der Waals surface area (Å²) in [6.07, 6.45) is 0. The third kappa shape index (κ3) is 4.56. The molecule has 0 unspecified atom stereocenters. The van der Waals surface area contributed by atoms with Crippen molar-refractivity contribution >= 4 is 17.3 Å². The molecule has 106 valence electrons. The standard InChI is InChI=1S/C15H25N3O/c1-5-18(11-10-16)13-8-6-12(7-9-13)17-14(19)15(2,3)4/h6-9H,5,10-11,16H2,1-4H3,(H,17,19). The van der Waals surface area contributed by atoms with Crippen LogP contribution in [0, 0.1) is 5.41 Å². The van der Waals surface area contributed by atoms with Crippen molar-refractivity contribution in [3.05, 3.63) is 24.3 Å². The summed E-state index contributed by atoms with van der Waals surface area (Å²) < 4.78 is 0. The van der Waals surface area contributed by atoms with Crippen LogP contribution in [0.1, 0.15) is 27.7 Å². The molecule has 1 rings (SSSR count). The number of carbonyl (C=O) groups excluding carboxylic acids is 1. The summed E-state index contributed by atoms with van der Waals surface area (Å²) in [6, 6.07) is 7.88. The number of nitrogens with two attached hydrogens (primary N) is 1. The van der Waals surface area contributed by atoms with Crippen LogP contribution in [0.15, 0.2) is 24.3 Å². The topological polar surface area (TPSA) is 58.4 Å². The van der Waals surface area contributed by atoms with Crippen LogP contribution in [0.2, 0.25) is 0 Å². The fourth-order valence-electron chi connectivity index (χ4n) is 1.70. The van der Waals surface area contributed by atoms with Gasteiger partial charge in [-0.05, 0) is 31.2 Å². The van der Waals surface area contributed by atoms with Crippen LogP contribution in [0.25, 0.3) is 0 Å². The monoisotopic (exact) mass is 263 g/mol. The Morgan fingerprint density at radius 1 is 1.26 bits per heavy atom. The van der Waals surface area contributed by atoms with Crippen molar-refractivity contribution in [1.29, 1.82) is 0 Å². The Morgan fingerprint density at radius 3 is 2.26 bits per heavy atom. The molecule has 1 aromatic rings. The largest absolute Gasteiger partial charge is 0.371 e. The van der Waals surface area contributed by atoms with E-state index < -0.39 is 0 Å². The first-order chi connectivity index (χ1) is 8.88. The van der Waals surface area contributed by atoms with Crippen LogP contribution in [-0.2, 0) is 4.79 Å². The maximum absolute atomic E-state index is 11.9. The molecule has 0 heterocycles. The highest BCUT2D eigenvalue weighted by Gasteiger charge is 2.21. The Kier molecular flexibility index (Phi) is 5.36. The average molecular weight is 263 g/mol. The number of carbonyl (C=O) groups is 1. The number of rotatable bonds is 5. The predicted molar refractivity (Wildman–Crippen MR) is 81.5 cm³/mol. The van der Waals surface area contributed by atoms with Gasteiger partial charge in [-0.2, -0.15) is 0 Å². The molecule has 0 spiro atoms. The molecule has 0 radical (unpaired) electrons. The number of benzene rings is 1. The molecule has 0 aromatic heterocycles. The van der Waals surface area contributed by atoms with E-state index in [1.54, 1.807) is 0 Å². The third-order valence-corrected chi connectivity index (χ3v) is 2.95. The Balaban J connectivity index is 2.74. The average Bonchev–Trinajstić information content (AvgIpc) is 2.36. The Morgan fingerprint density at radius 2 is 1.84 bits per heavy atom. The molecule has 1 aromatic carbocycles. The zero-order valence-corrected chi connectivity index (χ0v) is 12.4. The van der Waals surface area contributed by atoms with Gasteiger partial charge in [-0.1, -0.05) is 20.8 Å². The molecule has 0 fully saturated rings. The summed E-state index contributed by atoms with van der Waals surface area (Å²) in [6.45, 7) is 10.2. The van der Waals surface area contributed by atoms with Gasteiger partial charge in [0.1, 0.15) is 0 Å². The molecule has 0 aliphatic carbocycles. The minimum absolute atomic E-state index is 0.0227. The molecule has 3 N–H and O–H groups in total. The maximum atomic E-state index is 11.9. The Hall–Kier alpha value is -1.55. The minimum Gasteiger partial charge on any atom is -0.371 e. The van der Waals surface area contributed by atoms with Crippen molar-refractivity contribution in [3.8, 4) is 0 Å². The van der Waals surface area contributed by atoms with Gasteiger partial charge < -0.3 is 16.0 Å². The van der Waals surface area contributed by atoms with E-state index in [4.69, 9.17) is 5.73 Å². The number of amides is 1. The Labute approximate surface area is 116 Å².